The first kappa shape index (κ1) is 36.8. The summed E-state index contributed by atoms with van der Waals surface area (Å²) >= 11 is 0. The Morgan fingerprint density at radius 2 is 1.53 bits per heavy atom. The zero-order valence-corrected chi connectivity index (χ0v) is 27.1. The summed E-state index contributed by atoms with van der Waals surface area (Å²) in [5, 5.41) is 59.0. The zero-order chi connectivity index (χ0) is 34.9. The minimum absolute atomic E-state index is 0.0198. The fourth-order valence-corrected chi connectivity index (χ4v) is 5.27. The molecule has 0 radical (unpaired) electrons. The first-order valence-electron chi connectivity index (χ1n) is 16.0. The highest BCUT2D eigenvalue weighted by molar-refractivity contribution is 5.44. The Kier molecular flexibility index (Phi) is 14.3. The fraction of sp³-hybridized carbons (Fsp3) is 0.263. The minimum Gasteiger partial charge on any atom is -0.508 e. The molecular formula is C38H43N3O8. The van der Waals surface area contributed by atoms with Gasteiger partial charge >= 0.3 is 0 Å². The van der Waals surface area contributed by atoms with Crippen LogP contribution in [0.3, 0.4) is 0 Å². The summed E-state index contributed by atoms with van der Waals surface area (Å²) in [6.07, 6.45) is 0.864. The van der Waals surface area contributed by atoms with Crippen molar-refractivity contribution in [2.45, 2.75) is 37.7 Å². The Balaban J connectivity index is 0.00000174. The smallest absolute Gasteiger partial charge is 0.290 e. The van der Waals surface area contributed by atoms with Gasteiger partial charge in [-0.2, -0.15) is 0 Å². The Bertz CT molecular complexity index is 1640. The molecule has 1 atom stereocenters. The van der Waals surface area contributed by atoms with Crippen LogP contribution in [0.5, 0.6) is 11.5 Å². The molecule has 11 heteroatoms. The third-order valence-electron chi connectivity index (χ3n) is 7.89. The van der Waals surface area contributed by atoms with E-state index in [-0.39, 0.29) is 18.8 Å². The molecule has 0 spiro atoms. The number of nitrogens with one attached hydrogen (secondary N) is 2. The maximum Gasteiger partial charge on any atom is 0.290 e. The minimum atomic E-state index is -1.42. The van der Waals surface area contributed by atoms with Crippen LogP contribution in [-0.2, 0) is 30.0 Å². The molecule has 11 nitrogen and oxygen atoms in total. The van der Waals surface area contributed by atoms with E-state index in [1.165, 1.54) is 6.07 Å². The maximum absolute atomic E-state index is 11.9. The molecule has 0 aliphatic carbocycles. The molecule has 0 aliphatic heterocycles. The summed E-state index contributed by atoms with van der Waals surface area (Å²) in [6.45, 7) is 2.29. The lowest BCUT2D eigenvalue weighted by Crippen LogP contribution is -2.29. The predicted octanol–water partition coefficient (Wildman–Crippen LogP) is 4.28. The molecule has 258 valence electrons. The van der Waals surface area contributed by atoms with E-state index in [0.29, 0.717) is 48.8 Å². The van der Waals surface area contributed by atoms with Crippen LogP contribution in [0.15, 0.2) is 114 Å². The monoisotopic (exact) mass is 669 g/mol. The van der Waals surface area contributed by atoms with E-state index in [0.717, 1.165) is 41.8 Å². The molecule has 0 aliphatic rings. The second-order valence-corrected chi connectivity index (χ2v) is 11.3. The van der Waals surface area contributed by atoms with Gasteiger partial charge in [0.05, 0.1) is 25.9 Å². The van der Waals surface area contributed by atoms with E-state index in [2.05, 4.69) is 15.8 Å². The zero-order valence-electron chi connectivity index (χ0n) is 27.1. The van der Waals surface area contributed by atoms with Gasteiger partial charge in [-0.25, -0.2) is 0 Å². The van der Waals surface area contributed by atoms with E-state index in [1.54, 1.807) is 18.2 Å². The van der Waals surface area contributed by atoms with Crippen molar-refractivity contribution < 1.29 is 39.6 Å². The highest BCUT2D eigenvalue weighted by Gasteiger charge is 2.37. The van der Waals surface area contributed by atoms with Crippen LogP contribution in [0.2, 0.25) is 0 Å². The average molecular weight is 670 g/mol. The first-order valence-corrected chi connectivity index (χ1v) is 16.0. The molecule has 5 aromatic rings. The van der Waals surface area contributed by atoms with Gasteiger partial charge in [0.15, 0.2) is 11.4 Å². The molecule has 7 N–H and O–H groups in total. The SMILES string of the molecule is O=CO.OCc1cc([C@@H](O)CNCCc2ccc(OCCCNCc3cc(C(O)(c4ccccc4)c4ccccc4)no3)cc2)ccc1O. The Labute approximate surface area is 285 Å². The van der Waals surface area contributed by atoms with Crippen LogP contribution in [0, 0.1) is 0 Å². The molecule has 0 amide bonds. The van der Waals surface area contributed by atoms with E-state index >= 15 is 0 Å². The third-order valence-corrected chi connectivity index (χ3v) is 7.89. The summed E-state index contributed by atoms with van der Waals surface area (Å²) < 4.78 is 11.5. The second kappa shape index (κ2) is 19.1. The summed E-state index contributed by atoms with van der Waals surface area (Å²) in [5.74, 6) is 1.46. The van der Waals surface area contributed by atoms with Crippen LogP contribution < -0.4 is 15.4 Å². The maximum atomic E-state index is 11.9. The lowest BCUT2D eigenvalue weighted by Gasteiger charge is -2.27. The molecule has 5 rings (SSSR count). The van der Waals surface area contributed by atoms with Gasteiger partial charge in [-0.3, -0.25) is 4.79 Å². The Hall–Kier alpha value is -5.04. The third kappa shape index (κ3) is 10.5. The number of aliphatic hydroxyl groups is 3. The lowest BCUT2D eigenvalue weighted by molar-refractivity contribution is -0.122. The molecule has 1 aromatic heterocycles. The average Bonchev–Trinajstić information content (AvgIpc) is 3.62. The summed E-state index contributed by atoms with van der Waals surface area (Å²) in [4.78, 5) is 8.36. The molecular weight excluding hydrogens is 626 g/mol. The van der Waals surface area contributed by atoms with Crippen LogP contribution in [-0.4, -0.2) is 63.4 Å². The van der Waals surface area contributed by atoms with Crippen molar-refractivity contribution in [1.82, 2.24) is 15.8 Å². The van der Waals surface area contributed by atoms with Crippen molar-refractivity contribution in [3.8, 4) is 11.5 Å². The van der Waals surface area contributed by atoms with Crippen molar-refractivity contribution in [1.29, 1.82) is 0 Å². The molecule has 0 fully saturated rings. The van der Waals surface area contributed by atoms with Gasteiger partial charge in [0.2, 0.25) is 0 Å². The van der Waals surface area contributed by atoms with E-state index in [9.17, 15) is 20.4 Å². The topological polar surface area (TPSA) is 178 Å². The van der Waals surface area contributed by atoms with Crippen LogP contribution in [0.25, 0.3) is 0 Å². The highest BCUT2D eigenvalue weighted by Crippen LogP contribution is 2.36. The molecule has 49 heavy (non-hydrogen) atoms. The fourth-order valence-electron chi connectivity index (χ4n) is 5.27. The summed E-state index contributed by atoms with van der Waals surface area (Å²) in [6, 6.07) is 33.5. The number of hydrogen-bond acceptors (Lipinski definition) is 10. The number of nitrogens with zero attached hydrogens (tertiary/aromatic N) is 1. The quantitative estimate of drug-likeness (QED) is 0.0555. The number of ether oxygens (including phenoxy) is 1. The summed E-state index contributed by atoms with van der Waals surface area (Å²) in [5.41, 5.74) is 2.65. The van der Waals surface area contributed by atoms with Crippen LogP contribution >= 0.6 is 0 Å². The van der Waals surface area contributed by atoms with Gasteiger partial charge in [0.1, 0.15) is 17.2 Å². The van der Waals surface area contributed by atoms with Gasteiger partial charge in [-0.05, 0) is 72.5 Å². The molecule has 4 aromatic carbocycles. The van der Waals surface area contributed by atoms with Crippen molar-refractivity contribution in [3.05, 3.63) is 148 Å². The molecule has 0 bridgehead atoms. The van der Waals surface area contributed by atoms with Gasteiger partial charge in [-0.15, -0.1) is 0 Å². The number of aromatic hydroxyl groups is 1. The van der Waals surface area contributed by atoms with Gasteiger partial charge < -0.3 is 45.4 Å². The Morgan fingerprint density at radius 1 is 0.878 bits per heavy atom. The van der Waals surface area contributed by atoms with Gasteiger partial charge in [-0.1, -0.05) is 84.0 Å². The molecule has 1 heterocycles. The number of phenols is 1. The largest absolute Gasteiger partial charge is 0.508 e. The number of carboxylic acid groups (broad SMARTS) is 1. The summed E-state index contributed by atoms with van der Waals surface area (Å²) in [7, 11) is 0. The molecule has 0 saturated heterocycles. The number of aliphatic hydroxyl groups excluding tert-OH is 2. The van der Waals surface area contributed by atoms with E-state index in [1.807, 2.05) is 84.9 Å². The highest BCUT2D eigenvalue weighted by atomic mass is 16.5. The van der Waals surface area contributed by atoms with E-state index < -0.39 is 11.7 Å². The van der Waals surface area contributed by atoms with Crippen molar-refractivity contribution in [2.75, 3.05) is 26.2 Å². The molecule has 0 unspecified atom stereocenters. The van der Waals surface area contributed by atoms with Crippen LogP contribution in [0.1, 0.15) is 51.8 Å². The number of benzene rings is 4. The van der Waals surface area contributed by atoms with Gasteiger partial charge in [0, 0.05) is 18.2 Å². The Morgan fingerprint density at radius 3 is 2.16 bits per heavy atom. The second-order valence-electron chi connectivity index (χ2n) is 11.3. The van der Waals surface area contributed by atoms with E-state index in [4.69, 9.17) is 19.2 Å². The normalized spacial score (nSPS) is 11.7. The molecule has 0 saturated carbocycles. The van der Waals surface area contributed by atoms with Gasteiger partial charge in [0.25, 0.3) is 6.47 Å². The standard InChI is InChI=1S/C37H41N3O6.CH2O2/c41-26-29-22-28(14-17-34(29)42)35(43)25-39-20-18-27-12-15-32(16-13-27)45-21-7-19-38-24-33-23-36(40-46-33)37(44,30-8-3-1-4-9-30)31-10-5-2-6-11-31;2-1-3/h1-6,8-17,22-23,35,38-39,41-44H,7,18-21,24-26H2;1H,(H,2,3)/t35-;/m0./s1. The number of rotatable bonds is 17. The van der Waals surface area contributed by atoms with Crippen molar-refractivity contribution in [3.63, 3.8) is 0 Å². The van der Waals surface area contributed by atoms with Crippen LogP contribution in [0.4, 0.5) is 0 Å². The van der Waals surface area contributed by atoms with Crippen molar-refractivity contribution in [2.24, 2.45) is 0 Å². The number of aromatic nitrogens is 1. The first-order chi connectivity index (χ1) is 23.9. The lowest BCUT2D eigenvalue weighted by atomic mass is 9.83. The van der Waals surface area contributed by atoms with Crippen molar-refractivity contribution >= 4 is 6.47 Å². The number of hydrogen-bond donors (Lipinski definition) is 7. The number of carbonyl (C=O) groups is 1. The predicted molar refractivity (Wildman–Crippen MR) is 184 cm³/mol.